The van der Waals surface area contributed by atoms with Crippen molar-refractivity contribution < 1.29 is 0 Å². The van der Waals surface area contributed by atoms with Crippen molar-refractivity contribution in [1.29, 1.82) is 0 Å². The third-order valence-electron chi connectivity index (χ3n) is 3.57. The van der Waals surface area contributed by atoms with Crippen LogP contribution in [0.1, 0.15) is 26.7 Å². The molecule has 2 aromatic rings. The van der Waals surface area contributed by atoms with Gasteiger partial charge in [-0.05, 0) is 32.4 Å². The first-order chi connectivity index (χ1) is 9.70. The normalized spacial score (nSPS) is 22.3. The van der Waals surface area contributed by atoms with Gasteiger partial charge in [0.05, 0.1) is 11.6 Å². The molecule has 108 valence electrons. The van der Waals surface area contributed by atoms with Crippen molar-refractivity contribution in [2.75, 3.05) is 29.5 Å². The second-order valence-corrected chi connectivity index (χ2v) is 7.00. The van der Waals surface area contributed by atoms with E-state index in [0.29, 0.717) is 10.7 Å². The number of anilines is 2. The van der Waals surface area contributed by atoms with Crippen LogP contribution in [0, 0.1) is 0 Å². The van der Waals surface area contributed by atoms with Crippen LogP contribution in [0.2, 0.25) is 0 Å². The number of H-pyrrole nitrogens is 1. The molecule has 20 heavy (non-hydrogen) atoms. The molecule has 0 aromatic carbocycles. The van der Waals surface area contributed by atoms with Gasteiger partial charge in [0.15, 0.2) is 5.65 Å². The van der Waals surface area contributed by atoms with Gasteiger partial charge in [0.1, 0.15) is 5.82 Å². The summed E-state index contributed by atoms with van der Waals surface area (Å²) < 4.78 is 0.305. The van der Waals surface area contributed by atoms with E-state index in [1.54, 1.807) is 6.20 Å². The first-order valence-corrected chi connectivity index (χ1v) is 8.01. The fourth-order valence-corrected chi connectivity index (χ4v) is 3.70. The van der Waals surface area contributed by atoms with E-state index < -0.39 is 0 Å². The van der Waals surface area contributed by atoms with Gasteiger partial charge in [0, 0.05) is 17.8 Å². The number of nitrogens with one attached hydrogen (secondary N) is 3. The SMILES string of the molecule is CCNc1nc(NCC2(C)CCCS2)c2cn[nH]c2n1. The van der Waals surface area contributed by atoms with Crippen LogP contribution < -0.4 is 10.6 Å². The summed E-state index contributed by atoms with van der Waals surface area (Å²) in [6, 6.07) is 0. The van der Waals surface area contributed by atoms with E-state index in [4.69, 9.17) is 0 Å². The first-order valence-electron chi connectivity index (χ1n) is 7.03. The van der Waals surface area contributed by atoms with Gasteiger partial charge < -0.3 is 10.6 Å². The minimum atomic E-state index is 0.305. The monoisotopic (exact) mass is 292 g/mol. The third-order valence-corrected chi connectivity index (χ3v) is 5.11. The fourth-order valence-electron chi connectivity index (χ4n) is 2.45. The van der Waals surface area contributed by atoms with Crippen LogP contribution in [0.3, 0.4) is 0 Å². The van der Waals surface area contributed by atoms with E-state index in [2.05, 4.69) is 37.7 Å². The van der Waals surface area contributed by atoms with Crippen LogP contribution in [0.5, 0.6) is 0 Å². The number of fused-ring (bicyclic) bond motifs is 1. The lowest BCUT2D eigenvalue weighted by molar-refractivity contribution is 0.634. The summed E-state index contributed by atoms with van der Waals surface area (Å²) in [5.74, 6) is 2.75. The van der Waals surface area contributed by atoms with E-state index in [0.717, 1.165) is 29.9 Å². The maximum Gasteiger partial charge on any atom is 0.226 e. The highest BCUT2D eigenvalue weighted by atomic mass is 32.2. The number of hydrogen-bond acceptors (Lipinski definition) is 6. The minimum Gasteiger partial charge on any atom is -0.368 e. The second kappa shape index (κ2) is 5.47. The van der Waals surface area contributed by atoms with Gasteiger partial charge in [-0.1, -0.05) is 0 Å². The summed E-state index contributed by atoms with van der Waals surface area (Å²) in [5, 5.41) is 14.5. The molecule has 3 N–H and O–H groups in total. The summed E-state index contributed by atoms with van der Waals surface area (Å²) >= 11 is 2.04. The minimum absolute atomic E-state index is 0.305. The molecule has 0 bridgehead atoms. The summed E-state index contributed by atoms with van der Waals surface area (Å²) in [4.78, 5) is 8.95. The Morgan fingerprint density at radius 1 is 1.40 bits per heavy atom. The number of rotatable bonds is 5. The maximum absolute atomic E-state index is 4.55. The Morgan fingerprint density at radius 3 is 3.05 bits per heavy atom. The molecule has 2 aromatic heterocycles. The molecule has 3 rings (SSSR count). The van der Waals surface area contributed by atoms with Crippen LogP contribution in [-0.2, 0) is 0 Å². The highest BCUT2D eigenvalue weighted by Crippen LogP contribution is 2.37. The molecular weight excluding hydrogens is 272 g/mol. The predicted octanol–water partition coefficient (Wildman–Crippen LogP) is 2.48. The summed E-state index contributed by atoms with van der Waals surface area (Å²) in [5.41, 5.74) is 0.766. The third kappa shape index (κ3) is 2.67. The zero-order valence-electron chi connectivity index (χ0n) is 11.9. The Balaban J connectivity index is 1.83. The summed E-state index contributed by atoms with van der Waals surface area (Å²) in [6.07, 6.45) is 4.33. The average Bonchev–Trinajstić information content (AvgIpc) is 3.06. The van der Waals surface area contributed by atoms with Crippen molar-refractivity contribution in [2.24, 2.45) is 0 Å². The summed E-state index contributed by atoms with van der Waals surface area (Å²) in [7, 11) is 0. The van der Waals surface area contributed by atoms with Crippen molar-refractivity contribution in [1.82, 2.24) is 20.2 Å². The lowest BCUT2D eigenvalue weighted by Crippen LogP contribution is -2.27. The molecule has 1 fully saturated rings. The number of nitrogens with zero attached hydrogens (tertiary/aromatic N) is 3. The average molecular weight is 292 g/mol. The van der Waals surface area contributed by atoms with Crippen molar-refractivity contribution in [3.8, 4) is 0 Å². The number of aromatic nitrogens is 4. The molecular formula is C13H20N6S. The van der Waals surface area contributed by atoms with Crippen molar-refractivity contribution in [3.63, 3.8) is 0 Å². The largest absolute Gasteiger partial charge is 0.368 e. The molecule has 1 aliphatic rings. The molecule has 0 amide bonds. The zero-order chi connectivity index (χ0) is 14.0. The molecule has 1 aliphatic heterocycles. The van der Waals surface area contributed by atoms with Gasteiger partial charge in [0.2, 0.25) is 5.95 Å². The number of thioether (sulfide) groups is 1. The smallest absolute Gasteiger partial charge is 0.226 e. The molecule has 1 unspecified atom stereocenters. The highest BCUT2D eigenvalue weighted by molar-refractivity contribution is 8.00. The highest BCUT2D eigenvalue weighted by Gasteiger charge is 2.29. The zero-order valence-corrected chi connectivity index (χ0v) is 12.7. The van der Waals surface area contributed by atoms with Crippen molar-refractivity contribution >= 4 is 34.6 Å². The number of aromatic amines is 1. The molecule has 7 heteroatoms. The van der Waals surface area contributed by atoms with Gasteiger partial charge in [-0.3, -0.25) is 5.10 Å². The molecule has 3 heterocycles. The van der Waals surface area contributed by atoms with Gasteiger partial charge in [-0.25, -0.2) is 0 Å². The molecule has 1 atom stereocenters. The molecule has 0 spiro atoms. The Hall–Kier alpha value is -1.50. The maximum atomic E-state index is 4.55. The topological polar surface area (TPSA) is 78.5 Å². The number of hydrogen-bond donors (Lipinski definition) is 3. The van der Waals surface area contributed by atoms with Crippen LogP contribution in [0.15, 0.2) is 6.20 Å². The fraction of sp³-hybridized carbons (Fsp3) is 0.615. The van der Waals surface area contributed by atoms with Crippen molar-refractivity contribution in [3.05, 3.63) is 6.20 Å². The van der Waals surface area contributed by atoms with Crippen LogP contribution in [0.4, 0.5) is 11.8 Å². The lowest BCUT2D eigenvalue weighted by atomic mass is 10.1. The first kappa shape index (κ1) is 13.5. The van der Waals surface area contributed by atoms with E-state index >= 15 is 0 Å². The predicted molar refractivity (Wildman–Crippen MR) is 84.4 cm³/mol. The Bertz CT molecular complexity index is 590. The van der Waals surface area contributed by atoms with Gasteiger partial charge in [-0.15, -0.1) is 0 Å². The Morgan fingerprint density at radius 2 is 2.30 bits per heavy atom. The Labute approximate surface area is 122 Å². The van der Waals surface area contributed by atoms with E-state index in [-0.39, 0.29) is 0 Å². The van der Waals surface area contributed by atoms with Crippen LogP contribution in [0.25, 0.3) is 11.0 Å². The van der Waals surface area contributed by atoms with E-state index in [1.165, 1.54) is 18.6 Å². The molecule has 0 radical (unpaired) electrons. The van der Waals surface area contributed by atoms with Gasteiger partial charge in [-0.2, -0.15) is 26.8 Å². The molecule has 0 saturated carbocycles. The molecule has 1 saturated heterocycles. The standard InChI is InChI=1S/C13H20N6S/c1-3-14-12-17-10(9-7-16-19-11(9)18-12)15-8-13(2)5-4-6-20-13/h7H,3-6,8H2,1-2H3,(H3,14,15,16,17,18,19). The quantitative estimate of drug-likeness (QED) is 0.786. The molecule has 0 aliphatic carbocycles. The van der Waals surface area contributed by atoms with Gasteiger partial charge >= 0.3 is 0 Å². The Kier molecular flexibility index (Phi) is 3.69. The van der Waals surface area contributed by atoms with E-state index in [1.807, 2.05) is 18.7 Å². The molecule has 6 nitrogen and oxygen atoms in total. The lowest BCUT2D eigenvalue weighted by Gasteiger charge is -2.23. The summed E-state index contributed by atoms with van der Waals surface area (Å²) in [6.45, 7) is 6.06. The van der Waals surface area contributed by atoms with Gasteiger partial charge in [0.25, 0.3) is 0 Å². The van der Waals surface area contributed by atoms with E-state index in [9.17, 15) is 0 Å². The van der Waals surface area contributed by atoms with Crippen LogP contribution >= 0.6 is 11.8 Å². The van der Waals surface area contributed by atoms with Crippen molar-refractivity contribution in [2.45, 2.75) is 31.4 Å². The van der Waals surface area contributed by atoms with Crippen LogP contribution in [-0.4, -0.2) is 43.8 Å². The second-order valence-electron chi connectivity index (χ2n) is 5.31.